The first kappa shape index (κ1) is 20.2. The zero-order valence-electron chi connectivity index (χ0n) is 15.9. The van der Waals surface area contributed by atoms with Gasteiger partial charge in [-0.25, -0.2) is 18.4 Å². The summed E-state index contributed by atoms with van der Waals surface area (Å²) in [7, 11) is -1.85. The smallest absolute Gasteiger partial charge is 0.280 e. The van der Waals surface area contributed by atoms with Crippen LogP contribution in [0.25, 0.3) is 10.6 Å². The van der Waals surface area contributed by atoms with Crippen LogP contribution in [-0.2, 0) is 16.6 Å². The standard InChI is InChI=1S/C18H18N6O4S2/c1-28-16-10-19-8-14(23-16)15-9-22-18(29-15)17(25)21-7-12-6-11(4-5-20-12)24-30(26,27)13-2-3-13/h4-6,8-10,13H,2-3,7H2,1H3,(H,20,24)(H,21,25). The summed E-state index contributed by atoms with van der Waals surface area (Å²) in [6.07, 6.45) is 7.46. The predicted octanol–water partition coefficient (Wildman–Crippen LogP) is 1.84. The monoisotopic (exact) mass is 446 g/mol. The third-order valence-electron chi connectivity index (χ3n) is 4.24. The van der Waals surface area contributed by atoms with E-state index in [1.54, 1.807) is 24.5 Å². The quantitative estimate of drug-likeness (QED) is 0.535. The average molecular weight is 447 g/mol. The molecule has 2 N–H and O–H groups in total. The minimum atomic E-state index is -3.35. The fourth-order valence-corrected chi connectivity index (χ4v) is 4.74. The maximum atomic E-state index is 12.4. The van der Waals surface area contributed by atoms with Crippen LogP contribution in [0.5, 0.6) is 5.88 Å². The topological polar surface area (TPSA) is 136 Å². The van der Waals surface area contributed by atoms with E-state index in [0.29, 0.717) is 40.7 Å². The highest BCUT2D eigenvalue weighted by Gasteiger charge is 2.35. The third-order valence-corrected chi connectivity index (χ3v) is 7.13. The largest absolute Gasteiger partial charge is 0.480 e. The number of rotatable bonds is 8. The van der Waals surface area contributed by atoms with E-state index in [1.807, 2.05) is 0 Å². The van der Waals surface area contributed by atoms with Crippen molar-refractivity contribution in [2.75, 3.05) is 11.8 Å². The lowest BCUT2D eigenvalue weighted by molar-refractivity contribution is 0.0950. The average Bonchev–Trinajstić information content (AvgIpc) is 3.50. The molecule has 3 aromatic heterocycles. The SMILES string of the molecule is COc1cncc(-c2cnc(C(=O)NCc3cc(NS(=O)(=O)C4CC4)ccn3)s2)n1. The molecule has 4 rings (SSSR count). The number of amides is 1. The molecule has 156 valence electrons. The molecule has 0 spiro atoms. The van der Waals surface area contributed by atoms with E-state index in [2.05, 4.69) is 30.0 Å². The Morgan fingerprint density at radius 1 is 1.27 bits per heavy atom. The van der Waals surface area contributed by atoms with Crippen molar-refractivity contribution in [1.82, 2.24) is 25.3 Å². The molecule has 30 heavy (non-hydrogen) atoms. The van der Waals surface area contributed by atoms with Crippen molar-refractivity contribution >= 4 is 33.0 Å². The van der Waals surface area contributed by atoms with Gasteiger partial charge in [0.05, 0.1) is 47.6 Å². The predicted molar refractivity (Wildman–Crippen MR) is 111 cm³/mol. The van der Waals surface area contributed by atoms with Gasteiger partial charge in [0.25, 0.3) is 5.91 Å². The molecule has 1 aliphatic rings. The molecule has 0 radical (unpaired) electrons. The summed E-state index contributed by atoms with van der Waals surface area (Å²) in [6.45, 7) is 0.131. The molecule has 0 bridgehead atoms. The number of carbonyl (C=O) groups is 1. The number of thiazole rings is 1. The Labute approximate surface area is 176 Å². The summed E-state index contributed by atoms with van der Waals surface area (Å²) in [4.78, 5) is 29.7. The molecule has 0 unspecified atom stereocenters. The number of nitrogens with one attached hydrogen (secondary N) is 2. The molecule has 12 heteroatoms. The summed E-state index contributed by atoms with van der Waals surface area (Å²) >= 11 is 1.18. The van der Waals surface area contributed by atoms with E-state index < -0.39 is 10.0 Å². The molecule has 10 nitrogen and oxygen atoms in total. The number of carbonyl (C=O) groups excluding carboxylic acids is 1. The van der Waals surface area contributed by atoms with Gasteiger partial charge < -0.3 is 10.1 Å². The Hall–Kier alpha value is -3.12. The van der Waals surface area contributed by atoms with Crippen molar-refractivity contribution in [2.45, 2.75) is 24.6 Å². The van der Waals surface area contributed by atoms with Gasteiger partial charge in [0.15, 0.2) is 5.01 Å². The summed E-state index contributed by atoms with van der Waals surface area (Å²) in [5.41, 5.74) is 1.51. The number of ether oxygens (including phenoxy) is 1. The van der Waals surface area contributed by atoms with Crippen LogP contribution in [0.4, 0.5) is 5.69 Å². The van der Waals surface area contributed by atoms with Gasteiger partial charge in [-0.2, -0.15) is 0 Å². The minimum absolute atomic E-state index is 0.131. The molecule has 1 aliphatic carbocycles. The summed E-state index contributed by atoms with van der Waals surface area (Å²) in [5.74, 6) is 0.00281. The minimum Gasteiger partial charge on any atom is -0.480 e. The van der Waals surface area contributed by atoms with Crippen molar-refractivity contribution in [3.05, 3.63) is 47.6 Å². The zero-order valence-corrected chi connectivity index (χ0v) is 17.5. The maximum absolute atomic E-state index is 12.4. The fraction of sp³-hybridized carbons (Fsp3) is 0.278. The molecule has 0 aromatic carbocycles. The van der Waals surface area contributed by atoms with Gasteiger partial charge in [0, 0.05) is 12.4 Å². The maximum Gasteiger partial charge on any atom is 0.280 e. The number of anilines is 1. The highest BCUT2D eigenvalue weighted by molar-refractivity contribution is 7.93. The lowest BCUT2D eigenvalue weighted by Gasteiger charge is -2.08. The molecule has 1 saturated carbocycles. The molecule has 1 fully saturated rings. The Kier molecular flexibility index (Phi) is 5.59. The molecule has 3 aromatic rings. The van der Waals surface area contributed by atoms with E-state index in [0.717, 1.165) is 0 Å². The molecule has 0 saturated heterocycles. The van der Waals surface area contributed by atoms with E-state index in [4.69, 9.17) is 4.74 Å². The number of hydrogen-bond acceptors (Lipinski definition) is 9. The van der Waals surface area contributed by atoms with E-state index in [-0.39, 0.29) is 22.7 Å². The van der Waals surface area contributed by atoms with Crippen molar-refractivity contribution in [1.29, 1.82) is 0 Å². The number of aromatic nitrogens is 4. The van der Waals surface area contributed by atoms with Crippen molar-refractivity contribution in [2.24, 2.45) is 0 Å². The van der Waals surface area contributed by atoms with Crippen molar-refractivity contribution in [3.8, 4) is 16.5 Å². The first-order valence-corrected chi connectivity index (χ1v) is 11.4. The van der Waals surface area contributed by atoms with Crippen LogP contribution < -0.4 is 14.8 Å². The summed E-state index contributed by atoms with van der Waals surface area (Å²) in [6, 6.07) is 3.17. The molecule has 1 amide bonds. The number of nitrogens with zero attached hydrogens (tertiary/aromatic N) is 4. The van der Waals surface area contributed by atoms with Gasteiger partial charge in [-0.05, 0) is 25.0 Å². The second-order valence-electron chi connectivity index (χ2n) is 6.54. The number of hydrogen-bond donors (Lipinski definition) is 2. The van der Waals surface area contributed by atoms with Crippen molar-refractivity contribution < 1.29 is 17.9 Å². The highest BCUT2D eigenvalue weighted by atomic mass is 32.2. The molecular formula is C18H18N6O4S2. The second kappa shape index (κ2) is 8.32. The normalized spacial score (nSPS) is 13.6. The third kappa shape index (κ3) is 4.71. The lowest BCUT2D eigenvalue weighted by Crippen LogP contribution is -2.23. The van der Waals surface area contributed by atoms with Gasteiger partial charge in [-0.1, -0.05) is 0 Å². The zero-order chi connectivity index (χ0) is 21.1. The van der Waals surface area contributed by atoms with Crippen LogP contribution >= 0.6 is 11.3 Å². The van der Waals surface area contributed by atoms with Gasteiger partial charge >= 0.3 is 0 Å². The first-order chi connectivity index (χ1) is 14.4. The second-order valence-corrected chi connectivity index (χ2v) is 9.53. The Bertz CT molecular complexity index is 1180. The van der Waals surface area contributed by atoms with Crippen molar-refractivity contribution in [3.63, 3.8) is 0 Å². The molecule has 0 aliphatic heterocycles. The number of pyridine rings is 1. The van der Waals surface area contributed by atoms with Gasteiger partial charge in [0.1, 0.15) is 5.69 Å². The fourth-order valence-electron chi connectivity index (χ4n) is 2.57. The molecular weight excluding hydrogens is 428 g/mol. The first-order valence-electron chi connectivity index (χ1n) is 9.01. The van der Waals surface area contributed by atoms with Gasteiger partial charge in [0.2, 0.25) is 15.9 Å². The van der Waals surface area contributed by atoms with Crippen LogP contribution in [0.2, 0.25) is 0 Å². The number of sulfonamides is 1. The summed E-state index contributed by atoms with van der Waals surface area (Å²) in [5, 5.41) is 2.68. The van der Waals surface area contributed by atoms with Crippen LogP contribution in [0.3, 0.4) is 0 Å². The van der Waals surface area contributed by atoms with Crippen LogP contribution in [-0.4, -0.2) is 46.6 Å². The Morgan fingerprint density at radius 3 is 2.87 bits per heavy atom. The Balaban J connectivity index is 1.39. The van der Waals surface area contributed by atoms with E-state index >= 15 is 0 Å². The lowest BCUT2D eigenvalue weighted by atomic mass is 10.3. The molecule has 0 atom stereocenters. The van der Waals surface area contributed by atoms with Gasteiger partial charge in [-0.3, -0.25) is 19.5 Å². The molecule has 3 heterocycles. The van der Waals surface area contributed by atoms with Crippen LogP contribution in [0.15, 0.2) is 36.9 Å². The summed E-state index contributed by atoms with van der Waals surface area (Å²) < 4.78 is 31.7. The van der Waals surface area contributed by atoms with Gasteiger partial charge in [-0.15, -0.1) is 11.3 Å². The van der Waals surface area contributed by atoms with E-state index in [9.17, 15) is 13.2 Å². The Morgan fingerprint density at radius 2 is 2.10 bits per heavy atom. The van der Waals surface area contributed by atoms with Crippen LogP contribution in [0.1, 0.15) is 28.3 Å². The van der Waals surface area contributed by atoms with Crippen LogP contribution in [0, 0.1) is 0 Å². The highest BCUT2D eigenvalue weighted by Crippen LogP contribution is 2.29. The van der Waals surface area contributed by atoms with E-state index in [1.165, 1.54) is 30.8 Å². The number of methoxy groups -OCH3 is 1.